The minimum Gasteiger partial charge on any atom is -0.496 e. The first-order valence-corrected chi connectivity index (χ1v) is 9.76. The van der Waals surface area contributed by atoms with E-state index in [0.29, 0.717) is 13.1 Å². The molecule has 1 N–H and O–H groups in total. The van der Waals surface area contributed by atoms with E-state index < -0.39 is 0 Å². The lowest BCUT2D eigenvalue weighted by Gasteiger charge is -2.38. The second-order valence-electron chi connectivity index (χ2n) is 7.22. The zero-order valence-electron chi connectivity index (χ0n) is 17.0. The van der Waals surface area contributed by atoms with Gasteiger partial charge in [0, 0.05) is 32.7 Å². The Morgan fingerprint density at radius 1 is 1.07 bits per heavy atom. The minimum atomic E-state index is -0.0467. The lowest BCUT2D eigenvalue weighted by atomic mass is 10.1. The van der Waals surface area contributed by atoms with Crippen molar-refractivity contribution in [1.82, 2.24) is 10.2 Å². The SMILES string of the molecule is COc1ccccc1CCNC(=O)N1CCN(CCN(C)C)c2ccccc21. The number of ether oxygens (including phenoxy) is 1. The largest absolute Gasteiger partial charge is 0.496 e. The number of rotatable bonds is 7. The smallest absolute Gasteiger partial charge is 0.322 e. The van der Waals surface area contributed by atoms with Crippen molar-refractivity contribution < 1.29 is 9.53 Å². The van der Waals surface area contributed by atoms with Gasteiger partial charge in [-0.1, -0.05) is 30.3 Å². The molecule has 6 nitrogen and oxygen atoms in total. The summed E-state index contributed by atoms with van der Waals surface area (Å²) in [4.78, 5) is 19.2. The topological polar surface area (TPSA) is 48.1 Å². The van der Waals surface area contributed by atoms with Gasteiger partial charge in [-0.05, 0) is 44.3 Å². The van der Waals surface area contributed by atoms with E-state index >= 15 is 0 Å². The highest BCUT2D eigenvalue weighted by Gasteiger charge is 2.26. The minimum absolute atomic E-state index is 0.0467. The molecule has 0 saturated heterocycles. The van der Waals surface area contributed by atoms with Crippen LogP contribution in [0.5, 0.6) is 5.75 Å². The molecule has 0 atom stereocenters. The molecule has 0 radical (unpaired) electrons. The van der Waals surface area contributed by atoms with E-state index in [-0.39, 0.29) is 6.03 Å². The fourth-order valence-electron chi connectivity index (χ4n) is 3.49. The van der Waals surface area contributed by atoms with Crippen molar-refractivity contribution in [1.29, 1.82) is 0 Å². The fraction of sp³-hybridized carbons (Fsp3) is 0.409. The third-order valence-corrected chi connectivity index (χ3v) is 5.03. The highest BCUT2D eigenvalue weighted by molar-refractivity contribution is 5.96. The number of likely N-dealkylation sites (N-methyl/N-ethyl adjacent to an activating group) is 1. The number of fused-ring (bicyclic) bond motifs is 1. The van der Waals surface area contributed by atoms with Crippen LogP contribution in [0.2, 0.25) is 0 Å². The first-order valence-electron chi connectivity index (χ1n) is 9.76. The van der Waals surface area contributed by atoms with E-state index in [1.165, 1.54) is 0 Å². The first kappa shape index (κ1) is 20.0. The van der Waals surface area contributed by atoms with Gasteiger partial charge in [0.15, 0.2) is 0 Å². The molecule has 0 bridgehead atoms. The summed E-state index contributed by atoms with van der Waals surface area (Å²) < 4.78 is 5.39. The predicted molar refractivity (Wildman–Crippen MR) is 115 cm³/mol. The van der Waals surface area contributed by atoms with Crippen molar-refractivity contribution in [3.63, 3.8) is 0 Å². The lowest BCUT2D eigenvalue weighted by molar-refractivity contribution is 0.246. The second kappa shape index (κ2) is 9.46. The Morgan fingerprint density at radius 3 is 2.54 bits per heavy atom. The van der Waals surface area contributed by atoms with Gasteiger partial charge in [-0.3, -0.25) is 4.90 Å². The molecule has 1 heterocycles. The van der Waals surface area contributed by atoms with Crippen molar-refractivity contribution >= 4 is 17.4 Å². The Kier molecular flexibility index (Phi) is 6.76. The Balaban J connectivity index is 1.62. The molecular weight excluding hydrogens is 352 g/mol. The molecule has 2 aromatic carbocycles. The van der Waals surface area contributed by atoms with E-state index in [9.17, 15) is 4.79 Å². The number of urea groups is 1. The number of hydrogen-bond acceptors (Lipinski definition) is 4. The van der Waals surface area contributed by atoms with Crippen LogP contribution in [0.4, 0.5) is 16.2 Å². The maximum Gasteiger partial charge on any atom is 0.322 e. The summed E-state index contributed by atoms with van der Waals surface area (Å²) in [6.45, 7) is 4.03. The highest BCUT2D eigenvalue weighted by atomic mass is 16.5. The van der Waals surface area contributed by atoms with E-state index in [4.69, 9.17) is 4.74 Å². The zero-order chi connectivity index (χ0) is 19.9. The average molecular weight is 383 g/mol. The molecule has 3 rings (SSSR count). The normalized spacial score (nSPS) is 13.4. The molecule has 2 aromatic rings. The fourth-order valence-corrected chi connectivity index (χ4v) is 3.49. The van der Waals surface area contributed by atoms with Crippen LogP contribution in [0, 0.1) is 0 Å². The van der Waals surface area contributed by atoms with Crippen LogP contribution >= 0.6 is 0 Å². The molecule has 2 amide bonds. The zero-order valence-corrected chi connectivity index (χ0v) is 17.0. The van der Waals surface area contributed by atoms with E-state index in [2.05, 4.69) is 35.3 Å². The second-order valence-corrected chi connectivity index (χ2v) is 7.22. The number of amides is 2. The van der Waals surface area contributed by atoms with Crippen molar-refractivity contribution in [2.24, 2.45) is 0 Å². The molecule has 0 unspecified atom stereocenters. The Hall–Kier alpha value is -2.73. The summed E-state index contributed by atoms with van der Waals surface area (Å²) in [7, 11) is 5.83. The Bertz CT molecular complexity index is 794. The van der Waals surface area contributed by atoms with E-state index in [0.717, 1.165) is 48.7 Å². The van der Waals surface area contributed by atoms with Crippen LogP contribution < -0.4 is 19.9 Å². The number of methoxy groups -OCH3 is 1. The molecule has 28 heavy (non-hydrogen) atoms. The third kappa shape index (κ3) is 4.75. The summed E-state index contributed by atoms with van der Waals surface area (Å²) in [6.07, 6.45) is 0.736. The highest BCUT2D eigenvalue weighted by Crippen LogP contribution is 2.32. The lowest BCUT2D eigenvalue weighted by Crippen LogP contribution is -2.49. The van der Waals surface area contributed by atoms with E-state index in [1.54, 1.807) is 7.11 Å². The Morgan fingerprint density at radius 2 is 1.79 bits per heavy atom. The number of nitrogens with one attached hydrogen (secondary N) is 1. The van der Waals surface area contributed by atoms with Crippen molar-refractivity contribution in [3.8, 4) is 5.75 Å². The van der Waals surface area contributed by atoms with Crippen LogP contribution in [-0.4, -0.2) is 64.9 Å². The number of para-hydroxylation sites is 3. The van der Waals surface area contributed by atoms with Crippen LogP contribution in [0.3, 0.4) is 0 Å². The molecular formula is C22H30N4O2. The molecule has 1 aliphatic rings. The van der Waals surface area contributed by atoms with Gasteiger partial charge in [-0.25, -0.2) is 4.79 Å². The predicted octanol–water partition coefficient (Wildman–Crippen LogP) is 2.84. The number of hydrogen-bond donors (Lipinski definition) is 1. The number of benzene rings is 2. The van der Waals surface area contributed by atoms with Crippen molar-refractivity contribution in [2.75, 3.05) is 63.7 Å². The van der Waals surface area contributed by atoms with Gasteiger partial charge in [-0.15, -0.1) is 0 Å². The van der Waals surface area contributed by atoms with Gasteiger partial charge in [-0.2, -0.15) is 0 Å². The summed E-state index contributed by atoms with van der Waals surface area (Å²) in [5.41, 5.74) is 3.19. The van der Waals surface area contributed by atoms with Crippen LogP contribution in [-0.2, 0) is 6.42 Å². The van der Waals surface area contributed by atoms with Crippen LogP contribution in [0.15, 0.2) is 48.5 Å². The van der Waals surface area contributed by atoms with Crippen molar-refractivity contribution in [3.05, 3.63) is 54.1 Å². The molecule has 0 aromatic heterocycles. The molecule has 0 aliphatic carbocycles. The van der Waals surface area contributed by atoms with Gasteiger partial charge < -0.3 is 19.9 Å². The van der Waals surface area contributed by atoms with E-state index in [1.807, 2.05) is 47.4 Å². The first-order chi connectivity index (χ1) is 13.6. The van der Waals surface area contributed by atoms with Gasteiger partial charge in [0.1, 0.15) is 5.75 Å². The number of anilines is 2. The van der Waals surface area contributed by atoms with Crippen molar-refractivity contribution in [2.45, 2.75) is 6.42 Å². The molecule has 150 valence electrons. The monoisotopic (exact) mass is 382 g/mol. The molecule has 6 heteroatoms. The third-order valence-electron chi connectivity index (χ3n) is 5.03. The van der Waals surface area contributed by atoms with Gasteiger partial charge in [0.2, 0.25) is 0 Å². The quantitative estimate of drug-likeness (QED) is 0.800. The number of nitrogens with zero attached hydrogens (tertiary/aromatic N) is 3. The molecule has 0 spiro atoms. The maximum absolute atomic E-state index is 12.8. The molecule has 1 aliphatic heterocycles. The van der Waals surface area contributed by atoms with Gasteiger partial charge >= 0.3 is 6.03 Å². The maximum atomic E-state index is 12.8. The summed E-state index contributed by atoms with van der Waals surface area (Å²) in [5.74, 6) is 0.858. The standard InChI is InChI=1S/C22H30N4O2/c1-24(2)14-15-25-16-17-26(20-10-6-5-9-19(20)25)22(27)23-13-12-18-8-4-7-11-21(18)28-3/h4-11H,12-17H2,1-3H3,(H,23,27). The average Bonchev–Trinajstić information content (AvgIpc) is 2.72. The molecule has 0 fully saturated rings. The summed E-state index contributed by atoms with van der Waals surface area (Å²) in [6, 6.07) is 16.0. The van der Waals surface area contributed by atoms with Crippen LogP contribution in [0.1, 0.15) is 5.56 Å². The van der Waals surface area contributed by atoms with Gasteiger partial charge in [0.05, 0.1) is 18.5 Å². The Labute approximate surface area is 167 Å². The summed E-state index contributed by atoms with van der Waals surface area (Å²) >= 11 is 0. The van der Waals surface area contributed by atoms with Gasteiger partial charge in [0.25, 0.3) is 0 Å². The molecule has 0 saturated carbocycles. The summed E-state index contributed by atoms with van der Waals surface area (Å²) in [5, 5.41) is 3.06. The number of carbonyl (C=O) groups excluding carboxylic acids is 1. The number of carbonyl (C=O) groups is 1. The van der Waals surface area contributed by atoms with Crippen LogP contribution in [0.25, 0.3) is 0 Å².